The van der Waals surface area contributed by atoms with Gasteiger partial charge in [-0.1, -0.05) is 19.4 Å². The van der Waals surface area contributed by atoms with Crippen molar-refractivity contribution in [3.8, 4) is 11.5 Å². The lowest BCUT2D eigenvalue weighted by Crippen LogP contribution is -2.35. The number of esters is 1. The lowest BCUT2D eigenvalue weighted by Gasteiger charge is -2.30. The predicted molar refractivity (Wildman–Crippen MR) is 105 cm³/mol. The fraction of sp³-hybridized carbons (Fsp3) is 0.364. The molecule has 2 N–H and O–H groups in total. The van der Waals surface area contributed by atoms with Crippen LogP contribution in [0.4, 0.5) is 0 Å². The van der Waals surface area contributed by atoms with Gasteiger partial charge in [0.2, 0.25) is 0 Å². The van der Waals surface area contributed by atoms with Gasteiger partial charge in [-0.25, -0.2) is 0 Å². The first-order chi connectivity index (χ1) is 13.3. The van der Waals surface area contributed by atoms with Gasteiger partial charge in [0.15, 0.2) is 17.3 Å². The van der Waals surface area contributed by atoms with Crippen LogP contribution in [0.5, 0.6) is 11.5 Å². The minimum atomic E-state index is -1.18. The van der Waals surface area contributed by atoms with Crippen LogP contribution in [-0.4, -0.2) is 39.6 Å². The fourth-order valence-electron chi connectivity index (χ4n) is 3.16. The number of Topliss-reactive ketones (excluding diaryl/α,β-unsaturated/α-hetero) is 1. The van der Waals surface area contributed by atoms with Gasteiger partial charge in [0, 0.05) is 24.3 Å². The molecule has 0 bridgehead atoms. The molecule has 0 aromatic heterocycles. The molecular weight excluding hydrogens is 376 g/mol. The Bertz CT molecular complexity index is 960. The number of phenols is 2. The Hall–Kier alpha value is -3.22. The SMILES string of the molecule is CC(=O)OC(CC(C)(C)C(=O)C=C(C)C)C1=CC(=O)c2c(O)ccc(O)c2C1=O. The maximum absolute atomic E-state index is 13.0. The van der Waals surface area contributed by atoms with E-state index in [2.05, 4.69) is 0 Å². The Kier molecular flexibility index (Phi) is 6.11. The summed E-state index contributed by atoms with van der Waals surface area (Å²) in [7, 11) is 0. The molecule has 1 atom stereocenters. The van der Waals surface area contributed by atoms with E-state index >= 15 is 0 Å². The molecule has 1 aliphatic rings. The molecule has 0 spiro atoms. The molecule has 0 saturated carbocycles. The van der Waals surface area contributed by atoms with Crippen molar-refractivity contribution >= 4 is 23.3 Å². The molecule has 7 heteroatoms. The average molecular weight is 400 g/mol. The van der Waals surface area contributed by atoms with E-state index in [0.29, 0.717) is 0 Å². The number of rotatable bonds is 6. The first-order valence-electron chi connectivity index (χ1n) is 9.07. The highest BCUT2D eigenvalue weighted by molar-refractivity contribution is 6.27. The van der Waals surface area contributed by atoms with Crippen LogP contribution in [0.3, 0.4) is 0 Å². The molecule has 0 heterocycles. The standard InChI is InChI=1S/C22H24O7/c1-11(2)8-18(27)22(4,5)10-17(29-12(3)23)13-9-16(26)19-14(24)6-7-15(25)20(19)21(13)28/h6-9,17,24-25H,10H2,1-5H3. The van der Waals surface area contributed by atoms with Gasteiger partial charge in [0.25, 0.3) is 0 Å². The van der Waals surface area contributed by atoms with Crippen molar-refractivity contribution in [3.63, 3.8) is 0 Å². The first kappa shape index (κ1) is 22.1. The van der Waals surface area contributed by atoms with Gasteiger partial charge in [-0.2, -0.15) is 0 Å². The first-order valence-corrected chi connectivity index (χ1v) is 9.07. The van der Waals surface area contributed by atoms with Crippen LogP contribution in [0.15, 0.2) is 35.4 Å². The zero-order chi connectivity index (χ0) is 22.1. The van der Waals surface area contributed by atoms with E-state index in [1.165, 1.54) is 6.08 Å². The Morgan fingerprint density at radius 1 is 1.07 bits per heavy atom. The molecule has 0 amide bonds. The lowest BCUT2D eigenvalue weighted by atomic mass is 9.77. The Balaban J connectivity index is 2.51. The van der Waals surface area contributed by atoms with Crippen molar-refractivity contribution in [2.24, 2.45) is 5.41 Å². The summed E-state index contributed by atoms with van der Waals surface area (Å²) in [5.74, 6) is -3.26. The maximum Gasteiger partial charge on any atom is 0.303 e. The number of hydrogen-bond donors (Lipinski definition) is 2. The Morgan fingerprint density at radius 2 is 1.62 bits per heavy atom. The van der Waals surface area contributed by atoms with Crippen LogP contribution in [0, 0.1) is 5.41 Å². The minimum absolute atomic E-state index is 0.0467. The summed E-state index contributed by atoms with van der Waals surface area (Å²) in [6, 6.07) is 2.22. The highest BCUT2D eigenvalue weighted by Crippen LogP contribution is 2.38. The summed E-state index contributed by atoms with van der Waals surface area (Å²) in [5.41, 5.74) is -1.01. The van der Waals surface area contributed by atoms with Crippen LogP contribution < -0.4 is 0 Å². The number of benzene rings is 1. The second kappa shape index (κ2) is 8.03. The van der Waals surface area contributed by atoms with E-state index in [1.807, 2.05) is 0 Å². The maximum atomic E-state index is 13.0. The summed E-state index contributed by atoms with van der Waals surface area (Å²) in [4.78, 5) is 49.8. The van der Waals surface area contributed by atoms with Gasteiger partial charge in [0.05, 0.1) is 11.1 Å². The zero-order valence-corrected chi connectivity index (χ0v) is 17.0. The van der Waals surface area contributed by atoms with Gasteiger partial charge in [-0.3, -0.25) is 19.2 Å². The highest BCUT2D eigenvalue weighted by Gasteiger charge is 2.39. The van der Waals surface area contributed by atoms with E-state index in [1.54, 1.807) is 27.7 Å². The van der Waals surface area contributed by atoms with Crippen LogP contribution in [0.2, 0.25) is 0 Å². The van der Waals surface area contributed by atoms with Crippen molar-refractivity contribution in [2.45, 2.75) is 47.1 Å². The quantitative estimate of drug-likeness (QED) is 0.427. The molecule has 1 aromatic carbocycles. The lowest BCUT2D eigenvalue weighted by molar-refractivity contribution is -0.146. The van der Waals surface area contributed by atoms with E-state index in [0.717, 1.165) is 30.7 Å². The third kappa shape index (κ3) is 4.62. The molecule has 0 fully saturated rings. The summed E-state index contributed by atoms with van der Waals surface area (Å²) in [5, 5.41) is 20.0. The molecule has 29 heavy (non-hydrogen) atoms. The minimum Gasteiger partial charge on any atom is -0.507 e. The number of carbonyl (C=O) groups is 4. The van der Waals surface area contributed by atoms with Crippen LogP contribution in [0.1, 0.15) is 61.8 Å². The number of fused-ring (bicyclic) bond motifs is 1. The summed E-state index contributed by atoms with van der Waals surface area (Å²) < 4.78 is 5.29. The summed E-state index contributed by atoms with van der Waals surface area (Å²) >= 11 is 0. The summed E-state index contributed by atoms with van der Waals surface area (Å²) in [6.45, 7) is 8.01. The van der Waals surface area contributed by atoms with Crippen molar-refractivity contribution in [2.75, 3.05) is 0 Å². The molecule has 0 radical (unpaired) electrons. The smallest absolute Gasteiger partial charge is 0.303 e. The van der Waals surface area contributed by atoms with Gasteiger partial charge in [-0.15, -0.1) is 0 Å². The third-order valence-corrected chi connectivity index (χ3v) is 4.62. The normalized spacial score (nSPS) is 14.6. The second-order valence-corrected chi connectivity index (χ2v) is 7.92. The number of hydrogen-bond acceptors (Lipinski definition) is 7. The van der Waals surface area contributed by atoms with Crippen molar-refractivity contribution in [1.29, 1.82) is 0 Å². The molecule has 154 valence electrons. The molecule has 7 nitrogen and oxygen atoms in total. The average Bonchev–Trinajstić information content (AvgIpc) is 2.58. The Labute approximate surface area is 168 Å². The highest BCUT2D eigenvalue weighted by atomic mass is 16.5. The molecule has 1 unspecified atom stereocenters. The molecule has 0 saturated heterocycles. The molecule has 1 aliphatic carbocycles. The fourth-order valence-corrected chi connectivity index (χ4v) is 3.16. The van der Waals surface area contributed by atoms with Gasteiger partial charge < -0.3 is 14.9 Å². The molecule has 1 aromatic rings. The van der Waals surface area contributed by atoms with E-state index in [-0.39, 0.29) is 28.9 Å². The number of aromatic hydroxyl groups is 2. The van der Waals surface area contributed by atoms with Gasteiger partial charge in [-0.05, 0) is 38.1 Å². The van der Waals surface area contributed by atoms with Gasteiger partial charge >= 0.3 is 5.97 Å². The van der Waals surface area contributed by atoms with Crippen LogP contribution >= 0.6 is 0 Å². The zero-order valence-electron chi connectivity index (χ0n) is 17.0. The number of allylic oxidation sites excluding steroid dienone is 3. The third-order valence-electron chi connectivity index (χ3n) is 4.62. The number of ketones is 3. The van der Waals surface area contributed by atoms with E-state index < -0.39 is 40.6 Å². The summed E-state index contributed by atoms with van der Waals surface area (Å²) in [6.07, 6.45) is 1.23. The van der Waals surface area contributed by atoms with Crippen molar-refractivity contribution < 1.29 is 34.1 Å². The second-order valence-electron chi connectivity index (χ2n) is 7.92. The monoisotopic (exact) mass is 400 g/mol. The Morgan fingerprint density at radius 3 is 2.14 bits per heavy atom. The molecule has 2 rings (SSSR count). The largest absolute Gasteiger partial charge is 0.507 e. The molecule has 0 aliphatic heterocycles. The van der Waals surface area contributed by atoms with Gasteiger partial charge in [0.1, 0.15) is 17.6 Å². The number of phenolic OH excluding ortho intramolecular Hbond substituents is 2. The van der Waals surface area contributed by atoms with E-state index in [9.17, 15) is 29.4 Å². The predicted octanol–water partition coefficient (Wildman–Crippen LogP) is 3.29. The molecular formula is C22H24O7. The number of carbonyl (C=O) groups excluding carboxylic acids is 4. The van der Waals surface area contributed by atoms with Crippen molar-refractivity contribution in [1.82, 2.24) is 0 Å². The van der Waals surface area contributed by atoms with E-state index in [4.69, 9.17) is 4.74 Å². The van der Waals surface area contributed by atoms with Crippen LogP contribution in [-0.2, 0) is 14.3 Å². The van der Waals surface area contributed by atoms with Crippen LogP contribution in [0.25, 0.3) is 0 Å². The van der Waals surface area contributed by atoms with Crippen molar-refractivity contribution in [3.05, 3.63) is 46.6 Å². The topological polar surface area (TPSA) is 118 Å². The number of ether oxygens (including phenoxy) is 1.